The number of fused-ring (bicyclic) bond motifs is 2. The first kappa shape index (κ1) is 48.1. The summed E-state index contributed by atoms with van der Waals surface area (Å²) in [4.78, 5) is 18.7. The van der Waals surface area contributed by atoms with Crippen LogP contribution in [0.5, 0.6) is 11.5 Å². The fourth-order valence-electron chi connectivity index (χ4n) is 5.71. The van der Waals surface area contributed by atoms with Crippen LogP contribution in [0.2, 0.25) is 0 Å². The summed E-state index contributed by atoms with van der Waals surface area (Å²) in [6, 6.07) is 8.73. The number of anilines is 2. The van der Waals surface area contributed by atoms with Crippen LogP contribution in [-0.4, -0.2) is 85.0 Å². The summed E-state index contributed by atoms with van der Waals surface area (Å²) in [5.41, 5.74) is 9.82. The lowest BCUT2D eigenvalue weighted by Crippen LogP contribution is -2.24. The Hall–Kier alpha value is -6.92. The van der Waals surface area contributed by atoms with Gasteiger partial charge in [0.2, 0.25) is 0 Å². The number of nitrogens with zero attached hydrogens (tertiary/aromatic N) is 8. The largest absolute Gasteiger partial charge is 0.434 e. The SMILES string of the molecule is COC(C)(C)OC.C[C@@H](Nc1ccn2ncc(/C(N)=N/O)c2n1)c1cc(F)ccc1OC(F)F.C[C@@H](Nc1ccn2ncc(C3=NC(C)(C)ON3)c2n1)c1cc(F)ccc1OC(F)F. The maximum absolute atomic E-state index is 13.7. The Bertz CT molecular complexity index is 2580. The van der Waals surface area contributed by atoms with Crippen LogP contribution >= 0.6 is 0 Å². The van der Waals surface area contributed by atoms with E-state index in [1.165, 1.54) is 16.8 Å². The van der Waals surface area contributed by atoms with Crippen molar-refractivity contribution in [2.24, 2.45) is 15.9 Å². The fourth-order valence-corrected chi connectivity index (χ4v) is 5.71. The number of aromatic nitrogens is 6. The second-order valence-electron chi connectivity index (χ2n) is 14.5. The predicted molar refractivity (Wildman–Crippen MR) is 222 cm³/mol. The van der Waals surface area contributed by atoms with Crippen LogP contribution in [0.4, 0.5) is 38.0 Å². The van der Waals surface area contributed by atoms with Crippen molar-refractivity contribution in [1.29, 1.82) is 0 Å². The molecule has 1 aliphatic heterocycles. The van der Waals surface area contributed by atoms with Crippen LogP contribution in [0.25, 0.3) is 11.3 Å². The molecule has 344 valence electrons. The van der Waals surface area contributed by atoms with Crippen LogP contribution < -0.4 is 31.3 Å². The minimum absolute atomic E-state index is 0.110. The Labute approximate surface area is 362 Å². The molecule has 18 nitrogen and oxygen atoms in total. The van der Waals surface area contributed by atoms with Crippen molar-refractivity contribution in [2.75, 3.05) is 24.9 Å². The number of nitrogens with one attached hydrogen (secondary N) is 3. The monoisotopic (exact) mass is 904 g/mol. The normalized spacial score (nSPS) is 14.6. The number of alkyl halides is 4. The maximum Gasteiger partial charge on any atom is 0.387 e. The number of methoxy groups -OCH3 is 2. The zero-order valence-corrected chi connectivity index (χ0v) is 35.6. The molecule has 0 saturated carbocycles. The van der Waals surface area contributed by atoms with Crippen molar-refractivity contribution >= 4 is 34.6 Å². The molecular weight excluding hydrogens is 859 g/mol. The van der Waals surface area contributed by atoms with Gasteiger partial charge in [0.25, 0.3) is 0 Å². The van der Waals surface area contributed by atoms with Gasteiger partial charge < -0.3 is 40.5 Å². The molecule has 0 radical (unpaired) electrons. The minimum atomic E-state index is -3.04. The summed E-state index contributed by atoms with van der Waals surface area (Å²) >= 11 is 0. The highest BCUT2D eigenvalue weighted by molar-refractivity contribution is 6.04. The smallest absolute Gasteiger partial charge is 0.387 e. The molecule has 4 aromatic heterocycles. The Morgan fingerprint density at radius 1 is 0.812 bits per heavy atom. The molecule has 6 aromatic rings. The number of benzene rings is 2. The summed E-state index contributed by atoms with van der Waals surface area (Å²) < 4.78 is 99.5. The third-order valence-corrected chi connectivity index (χ3v) is 9.18. The average Bonchev–Trinajstić information content (AvgIpc) is 3.97. The van der Waals surface area contributed by atoms with Gasteiger partial charge in [-0.1, -0.05) is 5.16 Å². The van der Waals surface area contributed by atoms with Gasteiger partial charge in [0.05, 0.1) is 35.6 Å². The number of rotatable bonds is 14. The van der Waals surface area contributed by atoms with Gasteiger partial charge in [0, 0.05) is 37.7 Å². The highest BCUT2D eigenvalue weighted by Gasteiger charge is 2.28. The number of aliphatic imine (C=N–C) groups is 1. The van der Waals surface area contributed by atoms with Gasteiger partial charge in [-0.05, 0) is 90.1 Å². The van der Waals surface area contributed by atoms with Crippen molar-refractivity contribution in [1.82, 2.24) is 34.7 Å². The zero-order chi connectivity index (χ0) is 46.9. The lowest BCUT2D eigenvalue weighted by Gasteiger charge is -2.19. The Morgan fingerprint density at radius 2 is 1.30 bits per heavy atom. The molecule has 0 saturated heterocycles. The minimum Gasteiger partial charge on any atom is -0.434 e. The molecule has 24 heteroatoms. The van der Waals surface area contributed by atoms with Gasteiger partial charge in [-0.3, -0.25) is 0 Å². The molecule has 0 spiro atoms. The van der Waals surface area contributed by atoms with Gasteiger partial charge in [0.15, 0.2) is 34.5 Å². The van der Waals surface area contributed by atoms with E-state index in [0.717, 1.165) is 30.3 Å². The van der Waals surface area contributed by atoms with E-state index in [9.17, 15) is 26.3 Å². The van der Waals surface area contributed by atoms with E-state index in [1.807, 2.05) is 13.8 Å². The third kappa shape index (κ3) is 12.4. The Balaban J connectivity index is 0.000000211. The molecule has 64 heavy (non-hydrogen) atoms. The lowest BCUT2D eigenvalue weighted by atomic mass is 10.1. The van der Waals surface area contributed by atoms with E-state index in [-0.39, 0.29) is 28.5 Å². The number of hydroxylamine groups is 1. The van der Waals surface area contributed by atoms with Crippen LogP contribution in [0.15, 0.2) is 83.5 Å². The van der Waals surface area contributed by atoms with Crippen LogP contribution in [0.1, 0.15) is 75.9 Å². The van der Waals surface area contributed by atoms with E-state index in [1.54, 1.807) is 77.2 Å². The van der Waals surface area contributed by atoms with E-state index < -0.39 is 48.5 Å². The van der Waals surface area contributed by atoms with Crippen LogP contribution in [0.3, 0.4) is 0 Å². The second-order valence-corrected chi connectivity index (χ2v) is 14.5. The van der Waals surface area contributed by atoms with Gasteiger partial charge in [-0.15, -0.1) is 0 Å². The van der Waals surface area contributed by atoms with Crippen molar-refractivity contribution in [2.45, 2.75) is 78.4 Å². The predicted octanol–water partition coefficient (Wildman–Crippen LogP) is 7.41. The van der Waals surface area contributed by atoms with Crippen LogP contribution in [-0.2, 0) is 14.3 Å². The highest BCUT2D eigenvalue weighted by Crippen LogP contribution is 2.31. The highest BCUT2D eigenvalue weighted by atomic mass is 19.3. The number of hydrogen-bond donors (Lipinski definition) is 5. The van der Waals surface area contributed by atoms with Crippen molar-refractivity contribution in [3.05, 3.63) is 107 Å². The number of hydrogen-bond acceptors (Lipinski definition) is 15. The second kappa shape index (κ2) is 20.5. The van der Waals surface area contributed by atoms with Gasteiger partial charge in [-0.25, -0.2) is 43.1 Å². The summed E-state index contributed by atoms with van der Waals surface area (Å²) in [6.07, 6.45) is 6.25. The van der Waals surface area contributed by atoms with Crippen molar-refractivity contribution in [3.8, 4) is 11.5 Å². The van der Waals surface area contributed by atoms with E-state index in [0.29, 0.717) is 39.9 Å². The molecule has 1 aliphatic rings. The van der Waals surface area contributed by atoms with Gasteiger partial charge >= 0.3 is 13.2 Å². The summed E-state index contributed by atoms with van der Waals surface area (Å²) in [5, 5.41) is 26.1. The molecule has 0 fully saturated rings. The molecule has 5 heterocycles. The first-order valence-electron chi connectivity index (χ1n) is 19.1. The quantitative estimate of drug-likeness (QED) is 0.0180. The van der Waals surface area contributed by atoms with Gasteiger partial charge in [-0.2, -0.15) is 27.8 Å². The fraction of sp³-hybridized carbons (Fsp3) is 0.350. The summed E-state index contributed by atoms with van der Waals surface area (Å²) in [6.45, 7) is 4.59. The van der Waals surface area contributed by atoms with Crippen LogP contribution in [0, 0.1) is 11.6 Å². The molecule has 0 bridgehead atoms. The van der Waals surface area contributed by atoms with E-state index >= 15 is 0 Å². The Morgan fingerprint density at radius 3 is 1.73 bits per heavy atom. The van der Waals surface area contributed by atoms with E-state index in [4.69, 9.17) is 25.3 Å². The molecule has 0 aliphatic carbocycles. The third-order valence-electron chi connectivity index (χ3n) is 9.18. The van der Waals surface area contributed by atoms with Crippen molar-refractivity contribution in [3.63, 3.8) is 0 Å². The molecule has 2 aromatic carbocycles. The lowest BCUT2D eigenvalue weighted by molar-refractivity contribution is -0.178. The average molecular weight is 905 g/mol. The first-order valence-corrected chi connectivity index (χ1v) is 19.1. The molecule has 7 rings (SSSR count). The topological polar surface area (TPSA) is 214 Å². The molecule has 6 N–H and O–H groups in total. The van der Waals surface area contributed by atoms with E-state index in [2.05, 4.69) is 55.9 Å². The summed E-state index contributed by atoms with van der Waals surface area (Å²) in [7, 11) is 3.23. The zero-order valence-electron chi connectivity index (χ0n) is 35.6. The first-order chi connectivity index (χ1) is 30.2. The number of nitrogens with two attached hydrogens (primary N) is 1. The molecule has 2 atom stereocenters. The number of ether oxygens (including phenoxy) is 4. The molecule has 0 unspecified atom stereocenters. The standard InChI is InChI=1S/C19H19F3N6O2.C16H15F3N6O2.C5H12O2/c1-10(12-8-11(20)4-5-14(12)29-18(21)22)24-15-6-7-28-17(25-15)13(9-23-28)16-26-19(2,3)30-27-16;1-8(10-6-9(17)2-3-12(10)27-16(18)19)22-13-4-5-25-15(23-13)11(7-21-25)14(20)24-26;1-5(2,6-3)7-4/h4-10,18H,1-3H3,(H,24,25)(H,26,27);2-8,16,26H,1H3,(H2,20,24)(H,22,23);1-4H3/t10-;8-;/m11./s1. The summed E-state index contributed by atoms with van der Waals surface area (Å²) in [5.74, 6) is -0.720. The maximum atomic E-state index is 13.7. The molecule has 0 amide bonds. The number of halogens is 6. The van der Waals surface area contributed by atoms with Gasteiger partial charge in [0.1, 0.15) is 34.8 Å². The van der Waals surface area contributed by atoms with Crippen molar-refractivity contribution < 1.29 is 55.3 Å². The number of oxime groups is 1. The number of amidine groups is 2. The molecular formula is C40H46F6N12O6. The Kier molecular flexibility index (Phi) is 15.4.